The van der Waals surface area contributed by atoms with Crippen LogP contribution in [0.1, 0.15) is 54.4 Å². The van der Waals surface area contributed by atoms with E-state index in [0.29, 0.717) is 46.9 Å². The number of Topliss-reactive ketones (excluding diaryl/α,β-unsaturated/α-hetero) is 1. The topological polar surface area (TPSA) is 29.6 Å². The molecule has 0 bridgehead atoms. The molecule has 2 heteroatoms. The Morgan fingerprint density at radius 1 is 1.14 bits per heavy atom. The summed E-state index contributed by atoms with van der Waals surface area (Å²) in [5, 5.41) is 0. The molecule has 22 heavy (non-hydrogen) atoms. The molecule has 2 saturated carbocycles. The van der Waals surface area contributed by atoms with Gasteiger partial charge < -0.3 is 4.74 Å². The quantitative estimate of drug-likeness (QED) is 0.626. The van der Waals surface area contributed by atoms with Gasteiger partial charge in [0.05, 0.1) is 11.7 Å². The smallest absolute Gasteiger partial charge is 0.162 e. The summed E-state index contributed by atoms with van der Waals surface area (Å²) >= 11 is 0. The van der Waals surface area contributed by atoms with Crippen molar-refractivity contribution in [1.82, 2.24) is 0 Å². The predicted molar refractivity (Wildman–Crippen MR) is 87.3 cm³/mol. The molecule has 122 valence electrons. The third-order valence-corrected chi connectivity index (χ3v) is 7.75. The lowest BCUT2D eigenvalue weighted by atomic mass is 9.53. The Hall–Kier alpha value is -0.630. The Labute approximate surface area is 134 Å². The molecule has 0 aromatic carbocycles. The monoisotopic (exact) mass is 302 g/mol. The molecule has 3 aliphatic carbocycles. The van der Waals surface area contributed by atoms with Gasteiger partial charge >= 0.3 is 0 Å². The standard InChI is InChI=1S/C20H30O2/c1-10-7-13-14(17(10)21)9-20(6)18(22-20)16-12(3)19(4,5)8-11(2)15(13)16/h7,11-16,18H,8-9H2,1-6H3. The highest BCUT2D eigenvalue weighted by molar-refractivity contribution is 5.99. The lowest BCUT2D eigenvalue weighted by Gasteiger charge is -2.51. The first kappa shape index (κ1) is 14.9. The van der Waals surface area contributed by atoms with Gasteiger partial charge in [0.15, 0.2) is 5.78 Å². The minimum absolute atomic E-state index is 0.0438. The maximum absolute atomic E-state index is 12.7. The van der Waals surface area contributed by atoms with Crippen LogP contribution in [0.5, 0.6) is 0 Å². The first-order valence-corrected chi connectivity index (χ1v) is 9.06. The van der Waals surface area contributed by atoms with Gasteiger partial charge in [-0.2, -0.15) is 0 Å². The van der Waals surface area contributed by atoms with Gasteiger partial charge in [0.1, 0.15) is 0 Å². The fourth-order valence-electron chi connectivity index (χ4n) is 6.39. The molecule has 0 N–H and O–H groups in total. The van der Waals surface area contributed by atoms with E-state index in [2.05, 4.69) is 40.7 Å². The number of rotatable bonds is 0. The number of epoxide rings is 1. The van der Waals surface area contributed by atoms with Crippen molar-refractivity contribution < 1.29 is 9.53 Å². The van der Waals surface area contributed by atoms with Crippen molar-refractivity contribution in [2.45, 2.75) is 66.1 Å². The summed E-state index contributed by atoms with van der Waals surface area (Å²) in [5.41, 5.74) is 1.33. The van der Waals surface area contributed by atoms with E-state index < -0.39 is 0 Å². The van der Waals surface area contributed by atoms with E-state index in [1.54, 1.807) is 0 Å². The summed E-state index contributed by atoms with van der Waals surface area (Å²) in [6, 6.07) is 0. The summed E-state index contributed by atoms with van der Waals surface area (Å²) in [5.74, 6) is 3.58. The molecule has 0 aromatic heterocycles. The molecule has 4 rings (SSSR count). The van der Waals surface area contributed by atoms with Crippen LogP contribution in [-0.2, 0) is 9.53 Å². The third-order valence-electron chi connectivity index (χ3n) is 7.75. The number of allylic oxidation sites excluding steroid dienone is 2. The number of hydrogen-bond acceptors (Lipinski definition) is 2. The first-order chi connectivity index (χ1) is 10.2. The van der Waals surface area contributed by atoms with Crippen molar-refractivity contribution in [3.63, 3.8) is 0 Å². The van der Waals surface area contributed by atoms with Gasteiger partial charge in [-0.15, -0.1) is 0 Å². The second-order valence-electron chi connectivity index (χ2n) is 9.57. The molecule has 1 saturated heterocycles. The van der Waals surface area contributed by atoms with Crippen molar-refractivity contribution in [3.05, 3.63) is 11.6 Å². The van der Waals surface area contributed by atoms with Crippen LogP contribution in [0.3, 0.4) is 0 Å². The Morgan fingerprint density at radius 2 is 1.82 bits per heavy atom. The van der Waals surface area contributed by atoms with E-state index in [-0.39, 0.29) is 11.5 Å². The molecular formula is C20H30O2. The van der Waals surface area contributed by atoms with Gasteiger partial charge in [-0.3, -0.25) is 4.79 Å². The summed E-state index contributed by atoms with van der Waals surface area (Å²) in [4.78, 5) is 12.7. The van der Waals surface area contributed by atoms with Crippen LogP contribution in [0.4, 0.5) is 0 Å². The van der Waals surface area contributed by atoms with E-state index in [9.17, 15) is 4.79 Å². The molecule has 2 nitrogen and oxygen atoms in total. The zero-order valence-corrected chi connectivity index (χ0v) is 14.8. The number of ketones is 1. The lowest BCUT2D eigenvalue weighted by Crippen LogP contribution is -2.47. The molecule has 8 unspecified atom stereocenters. The summed E-state index contributed by atoms with van der Waals surface area (Å²) < 4.78 is 6.24. The summed E-state index contributed by atoms with van der Waals surface area (Å²) in [6.07, 6.45) is 4.90. The van der Waals surface area contributed by atoms with E-state index in [4.69, 9.17) is 4.74 Å². The first-order valence-electron chi connectivity index (χ1n) is 9.06. The van der Waals surface area contributed by atoms with E-state index in [1.807, 2.05) is 6.92 Å². The molecule has 1 heterocycles. The fourth-order valence-corrected chi connectivity index (χ4v) is 6.39. The molecular weight excluding hydrogens is 272 g/mol. The zero-order chi connectivity index (χ0) is 16.0. The predicted octanol–water partition coefficient (Wildman–Crippen LogP) is 4.24. The molecule has 0 aromatic rings. The second kappa shape index (κ2) is 4.26. The Bertz CT molecular complexity index is 560. The number of hydrogen-bond donors (Lipinski definition) is 0. The van der Waals surface area contributed by atoms with Gasteiger partial charge in [0.2, 0.25) is 0 Å². The third kappa shape index (κ3) is 1.79. The number of carbonyl (C=O) groups is 1. The number of ether oxygens (including phenoxy) is 1. The van der Waals surface area contributed by atoms with E-state index in [1.165, 1.54) is 6.42 Å². The highest BCUT2D eigenvalue weighted by Crippen LogP contribution is 2.64. The number of fused-ring (bicyclic) bond motifs is 5. The van der Waals surface area contributed by atoms with Crippen molar-refractivity contribution in [2.75, 3.05) is 0 Å². The molecule has 0 amide bonds. The van der Waals surface area contributed by atoms with Gasteiger partial charge in [-0.25, -0.2) is 0 Å². The van der Waals surface area contributed by atoms with Crippen LogP contribution in [0, 0.1) is 40.9 Å². The highest BCUT2D eigenvalue weighted by Gasteiger charge is 2.67. The summed E-state index contributed by atoms with van der Waals surface area (Å²) in [7, 11) is 0. The average molecular weight is 302 g/mol. The van der Waals surface area contributed by atoms with Gasteiger partial charge in [-0.1, -0.05) is 33.8 Å². The molecule has 8 atom stereocenters. The SMILES string of the molecule is CC1=CC2C(CC3(C)OC3C3C2C(C)CC(C)(C)C3C)C1=O. The molecule has 1 aliphatic heterocycles. The van der Waals surface area contributed by atoms with E-state index >= 15 is 0 Å². The second-order valence-corrected chi connectivity index (χ2v) is 9.57. The van der Waals surface area contributed by atoms with Crippen LogP contribution < -0.4 is 0 Å². The normalized spacial score (nSPS) is 55.6. The zero-order valence-electron chi connectivity index (χ0n) is 14.8. The maximum atomic E-state index is 12.7. The Morgan fingerprint density at radius 3 is 2.50 bits per heavy atom. The van der Waals surface area contributed by atoms with Gasteiger partial charge in [-0.05, 0) is 67.3 Å². The van der Waals surface area contributed by atoms with Crippen molar-refractivity contribution >= 4 is 5.78 Å². The van der Waals surface area contributed by atoms with Crippen molar-refractivity contribution in [2.24, 2.45) is 40.9 Å². The minimum Gasteiger partial charge on any atom is -0.366 e. The van der Waals surface area contributed by atoms with Crippen molar-refractivity contribution in [3.8, 4) is 0 Å². The largest absolute Gasteiger partial charge is 0.366 e. The highest BCUT2D eigenvalue weighted by atomic mass is 16.6. The Balaban J connectivity index is 1.80. The van der Waals surface area contributed by atoms with Crippen LogP contribution in [0.15, 0.2) is 11.6 Å². The molecule has 4 aliphatic rings. The Kier molecular flexibility index (Phi) is 2.89. The van der Waals surface area contributed by atoms with Crippen molar-refractivity contribution in [1.29, 1.82) is 0 Å². The minimum atomic E-state index is -0.0438. The van der Waals surface area contributed by atoms with Crippen LogP contribution >= 0.6 is 0 Å². The molecule has 0 radical (unpaired) electrons. The van der Waals surface area contributed by atoms with Crippen LogP contribution in [-0.4, -0.2) is 17.5 Å². The van der Waals surface area contributed by atoms with Crippen LogP contribution in [0.25, 0.3) is 0 Å². The van der Waals surface area contributed by atoms with Gasteiger partial charge in [0.25, 0.3) is 0 Å². The summed E-state index contributed by atoms with van der Waals surface area (Å²) in [6.45, 7) is 14.0. The molecule has 0 spiro atoms. The van der Waals surface area contributed by atoms with Crippen LogP contribution in [0.2, 0.25) is 0 Å². The average Bonchev–Trinajstić information content (AvgIpc) is 3.01. The lowest BCUT2D eigenvalue weighted by molar-refractivity contribution is -0.121. The number of carbonyl (C=O) groups excluding carboxylic acids is 1. The fraction of sp³-hybridized carbons (Fsp3) is 0.850. The maximum Gasteiger partial charge on any atom is 0.162 e. The van der Waals surface area contributed by atoms with Gasteiger partial charge in [0, 0.05) is 5.92 Å². The van der Waals surface area contributed by atoms with E-state index in [0.717, 1.165) is 12.0 Å². The molecule has 3 fully saturated rings.